The fourth-order valence-corrected chi connectivity index (χ4v) is 4.09. The number of amides is 1. The topological polar surface area (TPSA) is 71.3 Å². The van der Waals surface area contributed by atoms with Crippen molar-refractivity contribution in [3.05, 3.63) is 47.1 Å². The molecule has 2 aliphatic rings. The summed E-state index contributed by atoms with van der Waals surface area (Å²) in [6, 6.07) is 8.65. The summed E-state index contributed by atoms with van der Waals surface area (Å²) in [7, 11) is 0. The first kappa shape index (κ1) is 16.3. The molecule has 0 unspecified atom stereocenters. The van der Waals surface area contributed by atoms with Crippen LogP contribution >= 0.6 is 0 Å². The summed E-state index contributed by atoms with van der Waals surface area (Å²) >= 11 is 0. The quantitative estimate of drug-likeness (QED) is 0.926. The minimum absolute atomic E-state index is 0.0776. The normalized spacial score (nSPS) is 23.4. The summed E-state index contributed by atoms with van der Waals surface area (Å²) in [6.45, 7) is 3.08. The van der Waals surface area contributed by atoms with E-state index in [1.165, 1.54) is 11.1 Å². The molecule has 0 bridgehead atoms. The van der Waals surface area contributed by atoms with Crippen molar-refractivity contribution in [1.29, 1.82) is 0 Å². The number of carbonyl (C=O) groups is 1. The van der Waals surface area contributed by atoms with Gasteiger partial charge in [0, 0.05) is 6.92 Å². The highest BCUT2D eigenvalue weighted by molar-refractivity contribution is 5.78. The fourth-order valence-electron chi connectivity index (χ4n) is 4.09. The number of likely N-dealkylation sites (tertiary alicyclic amines) is 1. The third kappa shape index (κ3) is 3.44. The van der Waals surface area contributed by atoms with E-state index in [1.807, 2.05) is 0 Å². The summed E-state index contributed by atoms with van der Waals surface area (Å²) < 4.78 is 5.10. The van der Waals surface area contributed by atoms with E-state index in [0.717, 1.165) is 38.6 Å². The van der Waals surface area contributed by atoms with Crippen LogP contribution in [0.15, 0.2) is 28.8 Å². The molecule has 2 atom stereocenters. The molecule has 0 radical (unpaired) electrons. The molecule has 1 aromatic carbocycles. The zero-order valence-corrected chi connectivity index (χ0v) is 14.6. The molecule has 0 saturated carbocycles. The number of hydrogen-bond donors (Lipinski definition) is 1. The SMILES string of the molecule is Cc1nc([C@H]2CCCN2CC(=O)N[C@@H]2CCCc3ccccc32)no1. The van der Waals surface area contributed by atoms with Gasteiger partial charge >= 0.3 is 0 Å². The summed E-state index contributed by atoms with van der Waals surface area (Å²) in [4.78, 5) is 19.1. The number of benzene rings is 1. The Bertz CT molecular complexity index is 757. The van der Waals surface area contributed by atoms with Gasteiger partial charge in [-0.05, 0) is 49.8 Å². The maximum atomic E-state index is 12.6. The van der Waals surface area contributed by atoms with Crippen LogP contribution in [-0.2, 0) is 11.2 Å². The third-order valence-corrected chi connectivity index (χ3v) is 5.26. The molecule has 1 aliphatic carbocycles. The van der Waals surface area contributed by atoms with E-state index in [9.17, 15) is 4.79 Å². The van der Waals surface area contributed by atoms with Gasteiger partial charge in [-0.15, -0.1) is 0 Å². The number of aromatic nitrogens is 2. The Labute approximate surface area is 147 Å². The molecule has 25 heavy (non-hydrogen) atoms. The average Bonchev–Trinajstić information content (AvgIpc) is 3.24. The van der Waals surface area contributed by atoms with E-state index in [1.54, 1.807) is 6.92 Å². The maximum absolute atomic E-state index is 12.6. The van der Waals surface area contributed by atoms with Gasteiger partial charge < -0.3 is 9.84 Å². The Morgan fingerprint density at radius 2 is 2.20 bits per heavy atom. The van der Waals surface area contributed by atoms with Crippen LogP contribution in [-0.4, -0.2) is 34.0 Å². The monoisotopic (exact) mass is 340 g/mol. The fraction of sp³-hybridized carbons (Fsp3) is 0.526. The molecule has 1 saturated heterocycles. The molecule has 0 spiro atoms. The third-order valence-electron chi connectivity index (χ3n) is 5.26. The number of rotatable bonds is 4. The number of hydrogen-bond acceptors (Lipinski definition) is 5. The van der Waals surface area contributed by atoms with E-state index >= 15 is 0 Å². The van der Waals surface area contributed by atoms with Crippen LogP contribution in [0.1, 0.15) is 60.6 Å². The lowest BCUT2D eigenvalue weighted by molar-refractivity contribution is -0.123. The van der Waals surface area contributed by atoms with Crippen LogP contribution in [0.4, 0.5) is 0 Å². The molecule has 1 aromatic heterocycles. The molecule has 6 nitrogen and oxygen atoms in total. The predicted molar refractivity (Wildman–Crippen MR) is 92.8 cm³/mol. The molecule has 1 N–H and O–H groups in total. The maximum Gasteiger partial charge on any atom is 0.234 e. The summed E-state index contributed by atoms with van der Waals surface area (Å²) in [6.07, 6.45) is 5.26. The lowest BCUT2D eigenvalue weighted by Crippen LogP contribution is -2.39. The predicted octanol–water partition coefficient (Wildman–Crippen LogP) is 2.71. The Kier molecular flexibility index (Phi) is 4.53. The molecule has 6 heteroatoms. The molecule has 1 fully saturated rings. The Balaban J connectivity index is 1.41. The molecule has 2 heterocycles. The van der Waals surface area contributed by atoms with Crippen LogP contribution in [0.3, 0.4) is 0 Å². The van der Waals surface area contributed by atoms with Crippen LogP contribution in [0, 0.1) is 6.92 Å². The Morgan fingerprint density at radius 1 is 1.32 bits per heavy atom. The summed E-state index contributed by atoms with van der Waals surface area (Å²) in [5.74, 6) is 1.35. The van der Waals surface area contributed by atoms with Crippen molar-refractivity contribution in [3.63, 3.8) is 0 Å². The molecule has 2 aromatic rings. The van der Waals surface area contributed by atoms with Gasteiger partial charge in [-0.3, -0.25) is 9.69 Å². The zero-order valence-electron chi connectivity index (χ0n) is 14.6. The first-order valence-corrected chi connectivity index (χ1v) is 9.12. The van der Waals surface area contributed by atoms with Crippen molar-refractivity contribution in [2.24, 2.45) is 0 Å². The van der Waals surface area contributed by atoms with E-state index in [2.05, 4.69) is 44.6 Å². The summed E-state index contributed by atoms with van der Waals surface area (Å²) in [5, 5.41) is 7.28. The first-order valence-electron chi connectivity index (χ1n) is 9.12. The van der Waals surface area contributed by atoms with E-state index in [0.29, 0.717) is 18.3 Å². The average molecular weight is 340 g/mol. The smallest absolute Gasteiger partial charge is 0.234 e. The van der Waals surface area contributed by atoms with E-state index in [-0.39, 0.29) is 18.0 Å². The van der Waals surface area contributed by atoms with Crippen molar-refractivity contribution in [1.82, 2.24) is 20.4 Å². The minimum Gasteiger partial charge on any atom is -0.348 e. The van der Waals surface area contributed by atoms with Crippen molar-refractivity contribution in [3.8, 4) is 0 Å². The highest BCUT2D eigenvalue weighted by Crippen LogP contribution is 2.31. The standard InChI is InChI=1S/C19H24N4O2/c1-13-20-19(22-25-13)17-10-5-11-23(17)12-18(24)21-16-9-4-7-14-6-2-3-8-15(14)16/h2-3,6,8,16-17H,4-5,7,9-12H2,1H3,(H,21,24)/t16-,17-/m1/s1. The first-order chi connectivity index (χ1) is 12.2. The zero-order chi connectivity index (χ0) is 17.2. The largest absolute Gasteiger partial charge is 0.348 e. The van der Waals surface area contributed by atoms with E-state index < -0.39 is 0 Å². The van der Waals surface area contributed by atoms with Crippen molar-refractivity contribution >= 4 is 5.91 Å². The Morgan fingerprint density at radius 3 is 3.04 bits per heavy atom. The number of fused-ring (bicyclic) bond motifs is 1. The van der Waals surface area contributed by atoms with Crippen LogP contribution in [0.5, 0.6) is 0 Å². The van der Waals surface area contributed by atoms with Gasteiger partial charge in [-0.2, -0.15) is 4.98 Å². The molecule has 1 aliphatic heterocycles. The number of carbonyl (C=O) groups excluding carboxylic acids is 1. The van der Waals surface area contributed by atoms with Gasteiger partial charge in [0.15, 0.2) is 5.82 Å². The highest BCUT2D eigenvalue weighted by Gasteiger charge is 2.31. The Hall–Kier alpha value is -2.21. The van der Waals surface area contributed by atoms with E-state index in [4.69, 9.17) is 4.52 Å². The van der Waals surface area contributed by atoms with Gasteiger partial charge in [0.05, 0.1) is 18.6 Å². The van der Waals surface area contributed by atoms with Gasteiger partial charge in [0.1, 0.15) is 0 Å². The summed E-state index contributed by atoms with van der Waals surface area (Å²) in [5.41, 5.74) is 2.63. The molecular weight excluding hydrogens is 316 g/mol. The minimum atomic E-state index is 0.0776. The number of aryl methyl sites for hydroxylation is 2. The van der Waals surface area contributed by atoms with Crippen molar-refractivity contribution in [2.45, 2.75) is 51.1 Å². The number of nitrogens with one attached hydrogen (secondary N) is 1. The molecule has 4 rings (SSSR count). The highest BCUT2D eigenvalue weighted by atomic mass is 16.5. The molecule has 1 amide bonds. The van der Waals surface area contributed by atoms with Gasteiger partial charge in [0.25, 0.3) is 0 Å². The van der Waals surface area contributed by atoms with Crippen molar-refractivity contribution < 1.29 is 9.32 Å². The molecular formula is C19H24N4O2. The van der Waals surface area contributed by atoms with Crippen LogP contribution < -0.4 is 5.32 Å². The van der Waals surface area contributed by atoms with Crippen LogP contribution in [0.2, 0.25) is 0 Å². The van der Waals surface area contributed by atoms with Gasteiger partial charge in [0.2, 0.25) is 11.8 Å². The van der Waals surface area contributed by atoms with Crippen molar-refractivity contribution in [2.75, 3.05) is 13.1 Å². The van der Waals surface area contributed by atoms with Gasteiger partial charge in [-0.1, -0.05) is 29.4 Å². The van der Waals surface area contributed by atoms with Gasteiger partial charge in [-0.25, -0.2) is 0 Å². The lowest BCUT2D eigenvalue weighted by Gasteiger charge is -2.28. The number of nitrogens with zero attached hydrogens (tertiary/aromatic N) is 3. The second-order valence-corrected chi connectivity index (χ2v) is 7.01. The lowest BCUT2D eigenvalue weighted by atomic mass is 9.88. The van der Waals surface area contributed by atoms with Crippen LogP contribution in [0.25, 0.3) is 0 Å². The second kappa shape index (κ2) is 6.96. The molecule has 132 valence electrons. The second-order valence-electron chi connectivity index (χ2n) is 7.01.